The number of carbonyl (C=O) groups excluding carboxylic acids is 1. The third-order valence-electron chi connectivity index (χ3n) is 2.90. The Kier molecular flexibility index (Phi) is 4.61. The summed E-state index contributed by atoms with van der Waals surface area (Å²) in [5.74, 6) is 1.03. The second kappa shape index (κ2) is 6.60. The number of hydrogen-bond acceptors (Lipinski definition) is 5. The lowest BCUT2D eigenvalue weighted by Crippen LogP contribution is -2.02. The predicted molar refractivity (Wildman–Crippen MR) is 78.1 cm³/mol. The van der Waals surface area contributed by atoms with Gasteiger partial charge < -0.3 is 19.2 Å². The minimum Gasteiger partial charge on any atom is -0.493 e. The molecule has 0 aliphatic heterocycles. The zero-order valence-corrected chi connectivity index (χ0v) is 12.0. The topological polar surface area (TPSA) is 73.4 Å². The summed E-state index contributed by atoms with van der Waals surface area (Å²) in [5.41, 5.74) is 1.13. The molecule has 1 heterocycles. The average Bonchev–Trinajstić information content (AvgIpc) is 3.04. The molecule has 0 radical (unpaired) electrons. The van der Waals surface area contributed by atoms with Gasteiger partial charge in [0.25, 0.3) is 0 Å². The number of rotatable bonds is 6. The van der Waals surface area contributed by atoms with E-state index in [1.165, 1.54) is 27.4 Å². The van der Waals surface area contributed by atoms with Crippen LogP contribution in [0.2, 0.25) is 0 Å². The fourth-order valence-electron chi connectivity index (χ4n) is 1.91. The van der Waals surface area contributed by atoms with Crippen LogP contribution in [0.1, 0.15) is 16.1 Å². The molecule has 0 amide bonds. The molecule has 110 valence electrons. The van der Waals surface area contributed by atoms with E-state index in [0.717, 1.165) is 5.69 Å². The zero-order valence-electron chi connectivity index (χ0n) is 12.0. The second-order valence-corrected chi connectivity index (χ2v) is 4.09. The van der Waals surface area contributed by atoms with Crippen molar-refractivity contribution >= 4 is 11.9 Å². The molecule has 0 bridgehead atoms. The average molecular weight is 288 g/mol. The van der Waals surface area contributed by atoms with E-state index in [1.54, 1.807) is 30.7 Å². The van der Waals surface area contributed by atoms with Crippen LogP contribution in [0.5, 0.6) is 17.2 Å². The Morgan fingerprint density at radius 2 is 1.90 bits per heavy atom. The third kappa shape index (κ3) is 3.05. The molecular formula is C15H16N2O4. The van der Waals surface area contributed by atoms with E-state index in [0.29, 0.717) is 22.8 Å². The fraction of sp³-hybridized carbons (Fsp3) is 0.200. The van der Waals surface area contributed by atoms with Gasteiger partial charge in [-0.2, -0.15) is 0 Å². The summed E-state index contributed by atoms with van der Waals surface area (Å²) >= 11 is 0. The quantitative estimate of drug-likeness (QED) is 0.652. The van der Waals surface area contributed by atoms with Gasteiger partial charge in [-0.1, -0.05) is 0 Å². The molecule has 0 aliphatic carbocycles. The highest BCUT2D eigenvalue weighted by Gasteiger charge is 2.19. The fourth-order valence-corrected chi connectivity index (χ4v) is 1.91. The number of imidazole rings is 1. The Bertz CT molecular complexity index is 648. The maximum Gasteiger partial charge on any atom is 0.204 e. The lowest BCUT2D eigenvalue weighted by Gasteiger charge is -2.14. The van der Waals surface area contributed by atoms with Crippen LogP contribution in [-0.2, 0) is 0 Å². The number of methoxy groups -OCH3 is 3. The van der Waals surface area contributed by atoms with Gasteiger partial charge in [0.1, 0.15) is 0 Å². The number of hydrogen-bond donors (Lipinski definition) is 1. The Hall–Kier alpha value is -2.76. The van der Waals surface area contributed by atoms with Gasteiger partial charge in [0.05, 0.1) is 45.1 Å². The van der Waals surface area contributed by atoms with E-state index in [9.17, 15) is 4.79 Å². The number of carbonyl (C=O) groups is 1. The van der Waals surface area contributed by atoms with Crippen molar-refractivity contribution in [2.75, 3.05) is 21.3 Å². The van der Waals surface area contributed by atoms with E-state index in [1.807, 2.05) is 0 Å². The Balaban J connectivity index is 2.36. The molecular weight excluding hydrogens is 272 g/mol. The van der Waals surface area contributed by atoms with Gasteiger partial charge in [-0.3, -0.25) is 4.79 Å². The first kappa shape index (κ1) is 14.6. The third-order valence-corrected chi connectivity index (χ3v) is 2.90. The zero-order chi connectivity index (χ0) is 15.2. The lowest BCUT2D eigenvalue weighted by atomic mass is 10.1. The highest BCUT2D eigenvalue weighted by Crippen LogP contribution is 2.39. The first-order valence-electron chi connectivity index (χ1n) is 6.21. The van der Waals surface area contributed by atoms with Crippen LogP contribution in [0.25, 0.3) is 6.08 Å². The second-order valence-electron chi connectivity index (χ2n) is 4.09. The van der Waals surface area contributed by atoms with Crippen LogP contribution in [0.4, 0.5) is 0 Å². The normalized spacial score (nSPS) is 10.6. The molecule has 0 atom stereocenters. The molecule has 1 aromatic carbocycles. The first-order chi connectivity index (χ1) is 10.2. The van der Waals surface area contributed by atoms with E-state index in [4.69, 9.17) is 14.2 Å². The highest BCUT2D eigenvalue weighted by atomic mass is 16.5. The maximum absolute atomic E-state index is 12.3. The van der Waals surface area contributed by atoms with Gasteiger partial charge >= 0.3 is 0 Å². The monoisotopic (exact) mass is 288 g/mol. The van der Waals surface area contributed by atoms with Crippen molar-refractivity contribution in [1.29, 1.82) is 0 Å². The summed E-state index contributed by atoms with van der Waals surface area (Å²) in [7, 11) is 4.50. The van der Waals surface area contributed by atoms with Crippen molar-refractivity contribution in [3.05, 3.63) is 42.0 Å². The molecule has 0 saturated heterocycles. The largest absolute Gasteiger partial charge is 0.493 e. The van der Waals surface area contributed by atoms with Crippen LogP contribution in [-0.4, -0.2) is 37.1 Å². The molecule has 0 fully saturated rings. The van der Waals surface area contributed by atoms with Crippen molar-refractivity contribution in [1.82, 2.24) is 9.97 Å². The number of aromatic amines is 1. The number of benzene rings is 1. The van der Waals surface area contributed by atoms with Gasteiger partial charge in [-0.15, -0.1) is 0 Å². The lowest BCUT2D eigenvalue weighted by molar-refractivity contribution is 0.104. The molecule has 0 saturated carbocycles. The predicted octanol–water partition coefficient (Wildman–Crippen LogP) is 2.33. The first-order valence-corrected chi connectivity index (χ1v) is 6.21. The molecule has 6 nitrogen and oxygen atoms in total. The Morgan fingerprint density at radius 3 is 2.48 bits per heavy atom. The summed E-state index contributed by atoms with van der Waals surface area (Å²) < 4.78 is 15.7. The van der Waals surface area contributed by atoms with Gasteiger partial charge in [0.2, 0.25) is 5.75 Å². The van der Waals surface area contributed by atoms with Crippen molar-refractivity contribution in [2.24, 2.45) is 0 Å². The van der Waals surface area contributed by atoms with Crippen molar-refractivity contribution < 1.29 is 19.0 Å². The SMILES string of the molecule is COc1ccc(C(=O)C=Cc2cnc[nH]2)c(OC)c1OC. The van der Waals surface area contributed by atoms with Crippen LogP contribution in [0.15, 0.2) is 30.7 Å². The highest BCUT2D eigenvalue weighted by molar-refractivity contribution is 6.09. The van der Waals surface area contributed by atoms with Gasteiger partial charge in [0, 0.05) is 0 Å². The smallest absolute Gasteiger partial charge is 0.204 e. The molecule has 0 spiro atoms. The molecule has 2 aromatic rings. The van der Waals surface area contributed by atoms with Crippen molar-refractivity contribution in [3.63, 3.8) is 0 Å². The van der Waals surface area contributed by atoms with Gasteiger partial charge in [-0.25, -0.2) is 4.98 Å². The number of nitrogens with one attached hydrogen (secondary N) is 1. The number of nitrogens with zero attached hydrogens (tertiary/aromatic N) is 1. The molecule has 6 heteroatoms. The van der Waals surface area contributed by atoms with E-state index < -0.39 is 0 Å². The van der Waals surface area contributed by atoms with E-state index >= 15 is 0 Å². The summed E-state index contributed by atoms with van der Waals surface area (Å²) in [4.78, 5) is 19.1. The number of ketones is 1. The minimum absolute atomic E-state index is 0.206. The van der Waals surface area contributed by atoms with Crippen molar-refractivity contribution in [3.8, 4) is 17.2 Å². The van der Waals surface area contributed by atoms with Gasteiger partial charge in [-0.05, 0) is 24.3 Å². The standard InChI is InChI=1S/C15H16N2O4/c1-19-13-7-5-11(14(20-2)15(13)21-3)12(18)6-4-10-8-16-9-17-10/h4-9H,1-3H3,(H,16,17). The molecule has 2 rings (SSSR count). The Morgan fingerprint density at radius 1 is 1.14 bits per heavy atom. The van der Waals surface area contributed by atoms with E-state index in [2.05, 4.69) is 9.97 Å². The summed E-state index contributed by atoms with van der Waals surface area (Å²) in [6, 6.07) is 3.30. The molecule has 1 aromatic heterocycles. The van der Waals surface area contributed by atoms with Crippen LogP contribution >= 0.6 is 0 Å². The van der Waals surface area contributed by atoms with Crippen molar-refractivity contribution in [2.45, 2.75) is 0 Å². The van der Waals surface area contributed by atoms with Gasteiger partial charge in [0.15, 0.2) is 17.3 Å². The molecule has 0 aliphatic rings. The maximum atomic E-state index is 12.3. The number of aromatic nitrogens is 2. The number of H-pyrrole nitrogens is 1. The summed E-state index contributed by atoms with van der Waals surface area (Å²) in [6.45, 7) is 0. The summed E-state index contributed by atoms with van der Waals surface area (Å²) in [5, 5.41) is 0. The van der Waals surface area contributed by atoms with E-state index in [-0.39, 0.29) is 5.78 Å². The molecule has 0 unspecified atom stereocenters. The summed E-state index contributed by atoms with van der Waals surface area (Å²) in [6.07, 6.45) is 6.25. The number of ether oxygens (including phenoxy) is 3. The van der Waals surface area contributed by atoms with Crippen LogP contribution in [0, 0.1) is 0 Å². The minimum atomic E-state index is -0.206. The molecule has 21 heavy (non-hydrogen) atoms. The van der Waals surface area contributed by atoms with Crippen LogP contribution in [0.3, 0.4) is 0 Å². The number of allylic oxidation sites excluding steroid dienone is 1. The van der Waals surface area contributed by atoms with Crippen LogP contribution < -0.4 is 14.2 Å². The molecule has 1 N–H and O–H groups in total. The Labute approximate surface area is 122 Å².